The third-order valence-electron chi connectivity index (χ3n) is 3.03. The highest BCUT2D eigenvalue weighted by Gasteiger charge is 2.13. The molecule has 3 nitrogen and oxygen atoms in total. The van der Waals surface area contributed by atoms with Crippen LogP contribution < -0.4 is 15.2 Å². The predicted octanol–water partition coefficient (Wildman–Crippen LogP) is 3.43. The Morgan fingerprint density at radius 2 is 1.85 bits per heavy atom. The Bertz CT molecular complexity index is 567. The number of rotatable bonds is 5. The van der Waals surface area contributed by atoms with E-state index in [1.165, 1.54) is 6.07 Å². The van der Waals surface area contributed by atoms with Gasteiger partial charge in [-0.2, -0.15) is 0 Å². The van der Waals surface area contributed by atoms with Crippen molar-refractivity contribution in [2.24, 2.45) is 5.73 Å². The first-order chi connectivity index (χ1) is 9.61. The zero-order valence-corrected chi connectivity index (χ0v) is 11.6. The summed E-state index contributed by atoms with van der Waals surface area (Å²) in [5, 5.41) is 0. The van der Waals surface area contributed by atoms with Crippen LogP contribution in [0.25, 0.3) is 0 Å². The van der Waals surface area contributed by atoms with Crippen LogP contribution in [0, 0.1) is 5.82 Å². The molecule has 0 aliphatic heterocycles. The topological polar surface area (TPSA) is 44.5 Å². The molecular formula is C16H18FNO2. The van der Waals surface area contributed by atoms with E-state index in [2.05, 4.69) is 0 Å². The van der Waals surface area contributed by atoms with E-state index in [9.17, 15) is 4.39 Å². The van der Waals surface area contributed by atoms with Crippen molar-refractivity contribution in [1.82, 2.24) is 0 Å². The van der Waals surface area contributed by atoms with Crippen molar-refractivity contribution in [3.05, 3.63) is 59.4 Å². The van der Waals surface area contributed by atoms with E-state index in [1.807, 2.05) is 24.3 Å². The molecule has 0 bridgehead atoms. The number of halogens is 1. The van der Waals surface area contributed by atoms with E-state index in [-0.39, 0.29) is 18.4 Å². The Hall–Kier alpha value is -2.07. The molecular weight excluding hydrogens is 257 g/mol. The standard InChI is InChI=1S/C16H18FNO2/c1-11(18)14-4-3-5-15(17)16(14)20-10-12-6-8-13(19-2)9-7-12/h3-9,11H,10,18H2,1-2H3. The SMILES string of the molecule is COc1ccc(COc2c(F)cccc2C(C)N)cc1. The zero-order chi connectivity index (χ0) is 14.5. The zero-order valence-electron chi connectivity index (χ0n) is 11.6. The van der Waals surface area contributed by atoms with Crippen LogP contribution in [0.15, 0.2) is 42.5 Å². The van der Waals surface area contributed by atoms with Crippen LogP contribution in [-0.2, 0) is 6.61 Å². The molecule has 106 valence electrons. The van der Waals surface area contributed by atoms with Crippen molar-refractivity contribution in [3.8, 4) is 11.5 Å². The monoisotopic (exact) mass is 275 g/mol. The van der Waals surface area contributed by atoms with Crippen molar-refractivity contribution < 1.29 is 13.9 Å². The Labute approximate surface area is 118 Å². The lowest BCUT2D eigenvalue weighted by atomic mass is 10.1. The average molecular weight is 275 g/mol. The van der Waals surface area contributed by atoms with Crippen molar-refractivity contribution in [2.75, 3.05) is 7.11 Å². The molecule has 2 aromatic carbocycles. The van der Waals surface area contributed by atoms with Crippen LogP contribution in [0.1, 0.15) is 24.1 Å². The highest BCUT2D eigenvalue weighted by atomic mass is 19.1. The van der Waals surface area contributed by atoms with Gasteiger partial charge in [-0.1, -0.05) is 24.3 Å². The lowest BCUT2D eigenvalue weighted by Crippen LogP contribution is -2.09. The summed E-state index contributed by atoms with van der Waals surface area (Å²) in [6, 6.07) is 11.9. The van der Waals surface area contributed by atoms with Gasteiger partial charge in [-0.15, -0.1) is 0 Å². The fourth-order valence-corrected chi connectivity index (χ4v) is 1.91. The van der Waals surface area contributed by atoms with E-state index in [0.717, 1.165) is 11.3 Å². The highest BCUT2D eigenvalue weighted by Crippen LogP contribution is 2.27. The summed E-state index contributed by atoms with van der Waals surface area (Å²) in [6.07, 6.45) is 0. The molecule has 1 unspecified atom stereocenters. The number of hydrogen-bond acceptors (Lipinski definition) is 3. The molecule has 0 saturated carbocycles. The summed E-state index contributed by atoms with van der Waals surface area (Å²) in [7, 11) is 1.61. The molecule has 0 radical (unpaired) electrons. The summed E-state index contributed by atoms with van der Waals surface area (Å²) in [6.45, 7) is 2.08. The fraction of sp³-hybridized carbons (Fsp3) is 0.250. The maximum absolute atomic E-state index is 13.8. The quantitative estimate of drug-likeness (QED) is 0.909. The minimum Gasteiger partial charge on any atom is -0.497 e. The van der Waals surface area contributed by atoms with Crippen molar-refractivity contribution >= 4 is 0 Å². The fourth-order valence-electron chi connectivity index (χ4n) is 1.91. The van der Waals surface area contributed by atoms with Gasteiger partial charge in [-0.3, -0.25) is 0 Å². The third-order valence-corrected chi connectivity index (χ3v) is 3.03. The maximum atomic E-state index is 13.8. The van der Waals surface area contributed by atoms with Gasteiger partial charge >= 0.3 is 0 Å². The number of hydrogen-bond donors (Lipinski definition) is 1. The number of ether oxygens (including phenoxy) is 2. The van der Waals surface area contributed by atoms with Gasteiger partial charge in [-0.05, 0) is 30.7 Å². The molecule has 2 aromatic rings. The Kier molecular flexibility index (Phi) is 4.58. The Balaban J connectivity index is 2.13. The maximum Gasteiger partial charge on any atom is 0.165 e. The molecule has 0 saturated heterocycles. The molecule has 0 aliphatic carbocycles. The number of methoxy groups -OCH3 is 1. The minimum atomic E-state index is -0.395. The minimum absolute atomic E-state index is 0.221. The van der Waals surface area contributed by atoms with Gasteiger partial charge < -0.3 is 15.2 Å². The van der Waals surface area contributed by atoms with Crippen LogP contribution >= 0.6 is 0 Å². The van der Waals surface area contributed by atoms with Gasteiger partial charge in [0, 0.05) is 11.6 Å². The van der Waals surface area contributed by atoms with Crippen molar-refractivity contribution in [1.29, 1.82) is 0 Å². The molecule has 20 heavy (non-hydrogen) atoms. The summed E-state index contributed by atoms with van der Waals surface area (Å²) >= 11 is 0. The molecule has 0 aromatic heterocycles. The first-order valence-electron chi connectivity index (χ1n) is 6.41. The molecule has 0 fully saturated rings. The second kappa shape index (κ2) is 6.39. The molecule has 2 rings (SSSR count). The molecule has 0 spiro atoms. The summed E-state index contributed by atoms with van der Waals surface area (Å²) in [4.78, 5) is 0. The largest absolute Gasteiger partial charge is 0.497 e. The molecule has 1 atom stereocenters. The van der Waals surface area contributed by atoms with E-state index < -0.39 is 5.82 Å². The lowest BCUT2D eigenvalue weighted by molar-refractivity contribution is 0.285. The lowest BCUT2D eigenvalue weighted by Gasteiger charge is -2.14. The van der Waals surface area contributed by atoms with Crippen LogP contribution in [0.2, 0.25) is 0 Å². The first-order valence-corrected chi connectivity index (χ1v) is 6.41. The van der Waals surface area contributed by atoms with E-state index in [4.69, 9.17) is 15.2 Å². The van der Waals surface area contributed by atoms with Gasteiger partial charge in [0.1, 0.15) is 12.4 Å². The van der Waals surface area contributed by atoms with Gasteiger partial charge in [0.25, 0.3) is 0 Å². The average Bonchev–Trinajstić information content (AvgIpc) is 2.46. The second-order valence-corrected chi connectivity index (χ2v) is 4.58. The molecule has 0 heterocycles. The van der Waals surface area contributed by atoms with Gasteiger partial charge in [0.15, 0.2) is 11.6 Å². The first kappa shape index (κ1) is 14.3. The predicted molar refractivity (Wildman–Crippen MR) is 76.3 cm³/mol. The number of para-hydroxylation sites is 1. The van der Waals surface area contributed by atoms with Gasteiger partial charge in [0.05, 0.1) is 7.11 Å². The number of nitrogens with two attached hydrogens (primary N) is 1. The van der Waals surface area contributed by atoms with E-state index in [0.29, 0.717) is 5.56 Å². The highest BCUT2D eigenvalue weighted by molar-refractivity contribution is 5.37. The normalized spacial score (nSPS) is 12.0. The van der Waals surface area contributed by atoms with Crippen molar-refractivity contribution in [2.45, 2.75) is 19.6 Å². The molecule has 0 aliphatic rings. The van der Waals surface area contributed by atoms with Crippen LogP contribution in [0.5, 0.6) is 11.5 Å². The van der Waals surface area contributed by atoms with Crippen molar-refractivity contribution in [3.63, 3.8) is 0 Å². The molecule has 4 heteroatoms. The van der Waals surface area contributed by atoms with E-state index >= 15 is 0 Å². The Morgan fingerprint density at radius 3 is 2.45 bits per heavy atom. The van der Waals surface area contributed by atoms with Gasteiger partial charge in [0.2, 0.25) is 0 Å². The summed E-state index contributed by atoms with van der Waals surface area (Å²) in [5.74, 6) is 0.600. The second-order valence-electron chi connectivity index (χ2n) is 4.58. The van der Waals surface area contributed by atoms with Gasteiger partial charge in [-0.25, -0.2) is 4.39 Å². The Morgan fingerprint density at radius 1 is 1.15 bits per heavy atom. The third kappa shape index (κ3) is 3.27. The summed E-state index contributed by atoms with van der Waals surface area (Å²) in [5.41, 5.74) is 7.43. The van der Waals surface area contributed by atoms with E-state index in [1.54, 1.807) is 26.2 Å². The van der Waals surface area contributed by atoms with Crippen LogP contribution in [0.4, 0.5) is 4.39 Å². The summed E-state index contributed by atoms with van der Waals surface area (Å²) < 4.78 is 24.5. The number of benzene rings is 2. The van der Waals surface area contributed by atoms with Crippen LogP contribution in [-0.4, -0.2) is 7.11 Å². The molecule has 0 amide bonds. The van der Waals surface area contributed by atoms with Crippen LogP contribution in [0.3, 0.4) is 0 Å². The molecule has 2 N–H and O–H groups in total. The smallest absolute Gasteiger partial charge is 0.165 e.